The van der Waals surface area contributed by atoms with Crippen molar-refractivity contribution in [2.45, 2.75) is 38.3 Å². The van der Waals surface area contributed by atoms with E-state index in [0.29, 0.717) is 12.8 Å². The zero-order valence-corrected chi connectivity index (χ0v) is 19.6. The van der Waals surface area contributed by atoms with Crippen LogP contribution >= 0.6 is 0 Å². The first-order chi connectivity index (χ1) is 16.9. The van der Waals surface area contributed by atoms with Gasteiger partial charge in [-0.05, 0) is 49.1 Å². The first-order valence-electron chi connectivity index (χ1n) is 11.5. The van der Waals surface area contributed by atoms with Gasteiger partial charge in [0.15, 0.2) is 5.78 Å². The summed E-state index contributed by atoms with van der Waals surface area (Å²) in [6, 6.07) is 23.4. The number of ketones is 1. The molecule has 3 aromatic carbocycles. The van der Waals surface area contributed by atoms with Gasteiger partial charge in [0.1, 0.15) is 11.9 Å². The molecule has 2 atom stereocenters. The number of rotatable bonds is 11. The van der Waals surface area contributed by atoms with Crippen LogP contribution in [0, 0.1) is 5.82 Å². The summed E-state index contributed by atoms with van der Waals surface area (Å²) in [6.45, 7) is 1.44. The van der Waals surface area contributed by atoms with Crippen LogP contribution in [0.3, 0.4) is 0 Å². The summed E-state index contributed by atoms with van der Waals surface area (Å²) in [7, 11) is 0. The Morgan fingerprint density at radius 3 is 2.06 bits per heavy atom. The molecule has 0 radical (unpaired) electrons. The second-order valence-corrected chi connectivity index (χ2v) is 8.30. The molecule has 35 heavy (non-hydrogen) atoms. The van der Waals surface area contributed by atoms with Crippen molar-refractivity contribution < 1.29 is 18.8 Å². The highest BCUT2D eigenvalue weighted by Gasteiger charge is 2.24. The number of hydrogen-bond acceptors (Lipinski definition) is 3. The van der Waals surface area contributed by atoms with Crippen molar-refractivity contribution in [2.75, 3.05) is 0 Å². The molecule has 0 heterocycles. The van der Waals surface area contributed by atoms with Crippen molar-refractivity contribution in [3.63, 3.8) is 0 Å². The largest absolute Gasteiger partial charge is 0.348 e. The molecule has 2 amide bonds. The van der Waals surface area contributed by atoms with Gasteiger partial charge in [-0.15, -0.1) is 0 Å². The lowest BCUT2D eigenvalue weighted by Gasteiger charge is -2.22. The Bertz CT molecular complexity index is 1160. The van der Waals surface area contributed by atoms with Crippen molar-refractivity contribution in [1.29, 1.82) is 0 Å². The molecule has 6 heteroatoms. The molecule has 0 aromatic heterocycles. The number of hydrogen-bond donors (Lipinski definition) is 2. The Morgan fingerprint density at radius 1 is 0.829 bits per heavy atom. The molecule has 0 bridgehead atoms. The summed E-state index contributed by atoms with van der Waals surface area (Å²) in [5, 5.41) is 5.63. The predicted molar refractivity (Wildman–Crippen MR) is 134 cm³/mol. The summed E-state index contributed by atoms with van der Waals surface area (Å²) in [5.41, 5.74) is 1.83. The third kappa shape index (κ3) is 8.34. The number of aryl methyl sites for hydroxylation is 1. The lowest BCUT2D eigenvalue weighted by molar-refractivity contribution is -0.123. The highest BCUT2D eigenvalue weighted by atomic mass is 19.1. The maximum atomic E-state index is 14.2. The van der Waals surface area contributed by atoms with Crippen molar-refractivity contribution in [3.05, 3.63) is 120 Å². The summed E-state index contributed by atoms with van der Waals surface area (Å²) in [4.78, 5) is 37.6. The molecular weight excluding hydrogens is 443 g/mol. The van der Waals surface area contributed by atoms with Crippen LogP contribution in [0.4, 0.5) is 4.39 Å². The number of amides is 2. The van der Waals surface area contributed by atoms with Gasteiger partial charge in [0.05, 0.1) is 5.56 Å². The van der Waals surface area contributed by atoms with Crippen LogP contribution in [0.15, 0.2) is 97.1 Å². The van der Waals surface area contributed by atoms with E-state index in [2.05, 4.69) is 10.6 Å². The average Bonchev–Trinajstić information content (AvgIpc) is 2.86. The molecule has 0 saturated heterocycles. The fourth-order valence-electron chi connectivity index (χ4n) is 3.66. The Morgan fingerprint density at radius 2 is 1.43 bits per heavy atom. The van der Waals surface area contributed by atoms with Crippen LogP contribution in [0.2, 0.25) is 0 Å². The summed E-state index contributed by atoms with van der Waals surface area (Å²) in [6.07, 6.45) is 4.59. The van der Waals surface area contributed by atoms with E-state index >= 15 is 0 Å². The third-order valence-corrected chi connectivity index (χ3v) is 5.50. The lowest BCUT2D eigenvalue weighted by Crippen LogP contribution is -2.50. The fourth-order valence-corrected chi connectivity index (χ4v) is 3.66. The van der Waals surface area contributed by atoms with Crippen LogP contribution in [-0.2, 0) is 22.4 Å². The molecule has 0 aliphatic carbocycles. The highest BCUT2D eigenvalue weighted by molar-refractivity contribution is 5.98. The maximum absolute atomic E-state index is 14.2. The second kappa shape index (κ2) is 13.0. The normalized spacial score (nSPS) is 12.6. The molecular formula is C29H29FN2O3. The second-order valence-electron chi connectivity index (χ2n) is 8.30. The Balaban J connectivity index is 1.78. The van der Waals surface area contributed by atoms with E-state index in [1.54, 1.807) is 12.1 Å². The first kappa shape index (κ1) is 25.6. The minimum absolute atomic E-state index is 0.127. The van der Waals surface area contributed by atoms with Gasteiger partial charge in [0.2, 0.25) is 5.91 Å². The summed E-state index contributed by atoms with van der Waals surface area (Å²) < 4.78 is 14.2. The number of halogens is 1. The topological polar surface area (TPSA) is 75.3 Å². The van der Waals surface area contributed by atoms with Gasteiger partial charge in [-0.1, -0.05) is 78.9 Å². The zero-order chi connectivity index (χ0) is 25.0. The monoisotopic (exact) mass is 472 g/mol. The Hall–Kier alpha value is -4.06. The predicted octanol–water partition coefficient (Wildman–Crippen LogP) is 4.43. The SMILES string of the molecule is CC(=O)/C=C/[C@H](CCc1ccccc1)NC(=O)[C@H](Cc1ccccc1)NC(=O)c1ccccc1F. The minimum Gasteiger partial charge on any atom is -0.348 e. The standard InChI is InChI=1S/C29H29FN2O3/c1-21(33)16-18-24(19-17-22-10-4-2-5-11-22)31-29(35)27(20-23-12-6-3-7-13-23)32-28(34)25-14-8-9-15-26(25)30/h2-16,18,24,27H,17,19-20H2,1H3,(H,31,35)(H,32,34)/b18-16+/t24-,27+/m1/s1. The van der Waals surface area contributed by atoms with Crippen LogP contribution < -0.4 is 10.6 Å². The molecule has 0 spiro atoms. The molecule has 0 aliphatic rings. The van der Waals surface area contributed by atoms with Crippen LogP contribution in [0.5, 0.6) is 0 Å². The van der Waals surface area contributed by atoms with Crippen LogP contribution in [0.25, 0.3) is 0 Å². The zero-order valence-electron chi connectivity index (χ0n) is 19.6. The number of benzene rings is 3. The molecule has 5 nitrogen and oxygen atoms in total. The Labute approximate surface area is 205 Å². The maximum Gasteiger partial charge on any atom is 0.254 e. The Kier molecular flexibility index (Phi) is 9.49. The van der Waals surface area contributed by atoms with Crippen molar-refractivity contribution >= 4 is 17.6 Å². The van der Waals surface area contributed by atoms with Gasteiger partial charge in [0.25, 0.3) is 5.91 Å². The van der Waals surface area contributed by atoms with Gasteiger partial charge in [-0.2, -0.15) is 0 Å². The number of nitrogens with one attached hydrogen (secondary N) is 2. The number of allylic oxidation sites excluding steroid dienone is 1. The van der Waals surface area contributed by atoms with Gasteiger partial charge < -0.3 is 10.6 Å². The van der Waals surface area contributed by atoms with Gasteiger partial charge >= 0.3 is 0 Å². The fraction of sp³-hybridized carbons (Fsp3) is 0.207. The highest BCUT2D eigenvalue weighted by Crippen LogP contribution is 2.11. The first-order valence-corrected chi connectivity index (χ1v) is 11.5. The van der Waals surface area contributed by atoms with E-state index in [4.69, 9.17) is 0 Å². The van der Waals surface area contributed by atoms with Crippen molar-refractivity contribution in [1.82, 2.24) is 10.6 Å². The molecule has 180 valence electrons. The molecule has 0 unspecified atom stereocenters. The molecule has 2 N–H and O–H groups in total. The van der Waals surface area contributed by atoms with E-state index in [1.165, 1.54) is 31.2 Å². The molecule has 0 aliphatic heterocycles. The summed E-state index contributed by atoms with van der Waals surface area (Å²) >= 11 is 0. The number of carbonyl (C=O) groups excluding carboxylic acids is 3. The van der Waals surface area contributed by atoms with Crippen LogP contribution in [-0.4, -0.2) is 29.7 Å². The summed E-state index contributed by atoms with van der Waals surface area (Å²) in [5.74, 6) is -1.87. The molecule has 0 saturated carbocycles. The molecule has 0 fully saturated rings. The lowest BCUT2D eigenvalue weighted by atomic mass is 10.0. The quantitative estimate of drug-likeness (QED) is 0.406. The number of carbonyl (C=O) groups is 3. The van der Waals surface area contributed by atoms with E-state index in [-0.39, 0.29) is 17.8 Å². The molecule has 3 rings (SSSR count). The van der Waals surface area contributed by atoms with E-state index in [1.807, 2.05) is 60.7 Å². The minimum atomic E-state index is -0.936. The van der Waals surface area contributed by atoms with Gasteiger partial charge in [-0.25, -0.2) is 4.39 Å². The third-order valence-electron chi connectivity index (χ3n) is 5.50. The van der Waals surface area contributed by atoms with E-state index < -0.39 is 29.7 Å². The van der Waals surface area contributed by atoms with Gasteiger partial charge in [0, 0.05) is 12.5 Å². The van der Waals surface area contributed by atoms with Gasteiger partial charge in [-0.3, -0.25) is 14.4 Å². The molecule has 3 aromatic rings. The smallest absolute Gasteiger partial charge is 0.254 e. The average molecular weight is 473 g/mol. The van der Waals surface area contributed by atoms with E-state index in [0.717, 1.165) is 11.1 Å². The van der Waals surface area contributed by atoms with Crippen molar-refractivity contribution in [3.8, 4) is 0 Å². The van der Waals surface area contributed by atoms with Crippen LogP contribution in [0.1, 0.15) is 34.8 Å². The van der Waals surface area contributed by atoms with Crippen molar-refractivity contribution in [2.24, 2.45) is 0 Å². The van der Waals surface area contributed by atoms with E-state index in [9.17, 15) is 18.8 Å².